The van der Waals surface area contributed by atoms with Crippen LogP contribution in [-0.4, -0.2) is 17.5 Å². The lowest BCUT2D eigenvalue weighted by Gasteiger charge is -2.15. The molecule has 0 heterocycles. The molecule has 0 amide bonds. The Kier molecular flexibility index (Phi) is 3.96. The molecule has 1 fully saturated rings. The second-order valence-electron chi connectivity index (χ2n) is 4.67. The molecule has 1 aliphatic rings. The molecule has 1 N–H and O–H groups in total. The number of nitriles is 1. The molecule has 17 heavy (non-hydrogen) atoms. The van der Waals surface area contributed by atoms with Crippen LogP contribution < -0.4 is 5.32 Å². The van der Waals surface area contributed by atoms with E-state index < -0.39 is 0 Å². The van der Waals surface area contributed by atoms with Crippen molar-refractivity contribution in [3.63, 3.8) is 0 Å². The van der Waals surface area contributed by atoms with Gasteiger partial charge in [-0.3, -0.25) is 0 Å². The summed E-state index contributed by atoms with van der Waals surface area (Å²) in [6.45, 7) is 2.06. The lowest BCUT2D eigenvalue weighted by atomic mass is 10.1. The SMILES string of the molecule is CSC1CCC(Nc2cc(C)ccc2C#N)C1. The van der Waals surface area contributed by atoms with Gasteiger partial charge < -0.3 is 5.32 Å². The molecule has 2 unspecified atom stereocenters. The van der Waals surface area contributed by atoms with Crippen LogP contribution in [0.15, 0.2) is 18.2 Å². The number of rotatable bonds is 3. The Morgan fingerprint density at radius 2 is 2.24 bits per heavy atom. The maximum Gasteiger partial charge on any atom is 0.101 e. The van der Waals surface area contributed by atoms with Gasteiger partial charge >= 0.3 is 0 Å². The Morgan fingerprint density at radius 3 is 2.88 bits per heavy atom. The molecule has 2 rings (SSSR count). The quantitative estimate of drug-likeness (QED) is 0.885. The molecule has 3 heteroatoms. The van der Waals surface area contributed by atoms with Crippen LogP contribution >= 0.6 is 11.8 Å². The highest BCUT2D eigenvalue weighted by molar-refractivity contribution is 7.99. The second kappa shape index (κ2) is 5.46. The largest absolute Gasteiger partial charge is 0.381 e. The molecule has 2 nitrogen and oxygen atoms in total. The summed E-state index contributed by atoms with van der Waals surface area (Å²) in [6, 6.07) is 8.75. The van der Waals surface area contributed by atoms with Crippen molar-refractivity contribution >= 4 is 17.4 Å². The number of aryl methyl sites for hydroxylation is 1. The van der Waals surface area contributed by atoms with Crippen LogP contribution in [0.4, 0.5) is 5.69 Å². The normalized spacial score (nSPS) is 23.4. The molecule has 0 spiro atoms. The molecule has 0 aromatic heterocycles. The first-order valence-electron chi connectivity index (χ1n) is 6.03. The second-order valence-corrected chi connectivity index (χ2v) is 5.81. The summed E-state index contributed by atoms with van der Waals surface area (Å²) in [4.78, 5) is 0. The summed E-state index contributed by atoms with van der Waals surface area (Å²) in [5.74, 6) is 0. The molecular formula is C14H18N2S. The topological polar surface area (TPSA) is 35.8 Å². The summed E-state index contributed by atoms with van der Waals surface area (Å²) in [6.07, 6.45) is 5.89. The summed E-state index contributed by atoms with van der Waals surface area (Å²) in [5.41, 5.74) is 2.95. The van der Waals surface area contributed by atoms with Gasteiger partial charge in [0.2, 0.25) is 0 Å². The van der Waals surface area contributed by atoms with Gasteiger partial charge in [-0.05, 0) is 50.1 Å². The van der Waals surface area contributed by atoms with Crippen molar-refractivity contribution in [1.82, 2.24) is 0 Å². The summed E-state index contributed by atoms with van der Waals surface area (Å²) in [7, 11) is 0. The average Bonchev–Trinajstić information content (AvgIpc) is 2.77. The molecule has 1 aromatic carbocycles. The predicted molar refractivity (Wildman–Crippen MR) is 74.5 cm³/mol. The monoisotopic (exact) mass is 246 g/mol. The van der Waals surface area contributed by atoms with E-state index in [1.165, 1.54) is 24.8 Å². The highest BCUT2D eigenvalue weighted by Crippen LogP contribution is 2.31. The van der Waals surface area contributed by atoms with E-state index in [4.69, 9.17) is 5.26 Å². The standard InChI is InChI=1S/C14H18N2S/c1-10-3-4-11(9-15)14(7-10)16-12-5-6-13(8-12)17-2/h3-4,7,12-13,16H,5-6,8H2,1-2H3. The van der Waals surface area contributed by atoms with Gasteiger partial charge in [0, 0.05) is 11.3 Å². The van der Waals surface area contributed by atoms with Gasteiger partial charge in [-0.25, -0.2) is 0 Å². The van der Waals surface area contributed by atoms with Crippen LogP contribution in [0.1, 0.15) is 30.4 Å². The highest BCUT2D eigenvalue weighted by Gasteiger charge is 2.24. The third-order valence-corrected chi connectivity index (χ3v) is 4.47. The summed E-state index contributed by atoms with van der Waals surface area (Å²) in [5, 5.41) is 13.4. The first-order valence-corrected chi connectivity index (χ1v) is 7.32. The Labute approximate surface area is 107 Å². The van der Waals surface area contributed by atoms with Crippen molar-refractivity contribution in [3.8, 4) is 6.07 Å². The third-order valence-electron chi connectivity index (χ3n) is 3.37. The number of hydrogen-bond donors (Lipinski definition) is 1. The summed E-state index contributed by atoms with van der Waals surface area (Å²) < 4.78 is 0. The first-order chi connectivity index (χ1) is 8.22. The van der Waals surface area contributed by atoms with E-state index in [-0.39, 0.29) is 0 Å². The fourth-order valence-electron chi connectivity index (χ4n) is 2.38. The fraction of sp³-hybridized carbons (Fsp3) is 0.500. The Morgan fingerprint density at radius 1 is 1.41 bits per heavy atom. The van der Waals surface area contributed by atoms with Crippen LogP contribution in [0.2, 0.25) is 0 Å². The third kappa shape index (κ3) is 2.95. The van der Waals surface area contributed by atoms with Crippen molar-refractivity contribution in [2.45, 2.75) is 37.5 Å². The lowest BCUT2D eigenvalue weighted by Crippen LogP contribution is -2.16. The van der Waals surface area contributed by atoms with Crippen LogP contribution in [0.3, 0.4) is 0 Å². The molecule has 2 atom stereocenters. The van der Waals surface area contributed by atoms with Gasteiger partial charge in [0.15, 0.2) is 0 Å². The van der Waals surface area contributed by atoms with Gasteiger partial charge in [0.1, 0.15) is 6.07 Å². The van der Waals surface area contributed by atoms with E-state index in [2.05, 4.69) is 30.6 Å². The Hall–Kier alpha value is -1.14. The zero-order chi connectivity index (χ0) is 12.3. The maximum atomic E-state index is 9.09. The van der Waals surface area contributed by atoms with E-state index >= 15 is 0 Å². The Balaban J connectivity index is 2.09. The average molecular weight is 246 g/mol. The number of nitrogens with zero attached hydrogens (tertiary/aromatic N) is 1. The smallest absolute Gasteiger partial charge is 0.101 e. The van der Waals surface area contributed by atoms with Crippen molar-refractivity contribution in [3.05, 3.63) is 29.3 Å². The minimum Gasteiger partial charge on any atom is -0.381 e. The minimum absolute atomic E-state index is 0.529. The molecule has 0 bridgehead atoms. The van der Waals surface area contributed by atoms with Gasteiger partial charge in [-0.2, -0.15) is 17.0 Å². The van der Waals surface area contributed by atoms with Crippen LogP contribution in [0.5, 0.6) is 0 Å². The van der Waals surface area contributed by atoms with Crippen molar-refractivity contribution in [2.75, 3.05) is 11.6 Å². The predicted octanol–water partition coefficient (Wildman–Crippen LogP) is 3.56. The van der Waals surface area contributed by atoms with E-state index in [0.717, 1.165) is 16.5 Å². The molecule has 1 aliphatic carbocycles. The number of anilines is 1. The molecule has 90 valence electrons. The van der Waals surface area contributed by atoms with Crippen molar-refractivity contribution < 1.29 is 0 Å². The van der Waals surface area contributed by atoms with E-state index in [1.54, 1.807) is 0 Å². The first kappa shape index (κ1) is 12.3. The fourth-order valence-corrected chi connectivity index (χ4v) is 3.18. The lowest BCUT2D eigenvalue weighted by molar-refractivity contribution is 0.756. The van der Waals surface area contributed by atoms with Crippen LogP contribution in [-0.2, 0) is 0 Å². The molecule has 0 radical (unpaired) electrons. The van der Waals surface area contributed by atoms with Crippen molar-refractivity contribution in [1.29, 1.82) is 5.26 Å². The van der Waals surface area contributed by atoms with Gasteiger partial charge in [-0.1, -0.05) is 6.07 Å². The molecule has 0 aliphatic heterocycles. The van der Waals surface area contributed by atoms with Gasteiger partial charge in [0.25, 0.3) is 0 Å². The maximum absolute atomic E-state index is 9.09. The number of hydrogen-bond acceptors (Lipinski definition) is 3. The van der Waals surface area contributed by atoms with E-state index in [0.29, 0.717) is 6.04 Å². The van der Waals surface area contributed by atoms with E-state index in [9.17, 15) is 0 Å². The summed E-state index contributed by atoms with van der Waals surface area (Å²) >= 11 is 1.95. The molecular weight excluding hydrogens is 228 g/mol. The zero-order valence-electron chi connectivity index (χ0n) is 10.4. The number of nitrogens with one attached hydrogen (secondary N) is 1. The van der Waals surface area contributed by atoms with Crippen molar-refractivity contribution in [2.24, 2.45) is 0 Å². The van der Waals surface area contributed by atoms with Crippen LogP contribution in [0, 0.1) is 18.3 Å². The molecule has 1 saturated carbocycles. The Bertz CT molecular complexity index is 436. The van der Waals surface area contributed by atoms with E-state index in [1.807, 2.05) is 23.9 Å². The molecule has 0 saturated heterocycles. The van der Waals surface area contributed by atoms with Gasteiger partial charge in [-0.15, -0.1) is 0 Å². The minimum atomic E-state index is 0.529. The zero-order valence-corrected chi connectivity index (χ0v) is 11.2. The van der Waals surface area contributed by atoms with Gasteiger partial charge in [0.05, 0.1) is 11.3 Å². The number of thioether (sulfide) groups is 1. The highest BCUT2D eigenvalue weighted by atomic mass is 32.2. The molecule has 1 aromatic rings. The number of benzene rings is 1. The van der Waals surface area contributed by atoms with Crippen LogP contribution in [0.25, 0.3) is 0 Å².